The molecule has 2 N–H and O–H groups in total. The zero-order valence-electron chi connectivity index (χ0n) is 27.3. The highest BCUT2D eigenvalue weighted by Gasteiger charge is 2.25. The number of rotatable bonds is 7. The van der Waals surface area contributed by atoms with Gasteiger partial charge in [0, 0.05) is 54.2 Å². The Morgan fingerprint density at radius 3 is 2.51 bits per heavy atom. The average molecular weight is 597 g/mol. The van der Waals surface area contributed by atoms with Crippen molar-refractivity contribution in [3.05, 3.63) is 103 Å². The van der Waals surface area contributed by atoms with E-state index in [4.69, 9.17) is 19.8 Å². The number of nitrogen functional groups attached to an aromatic ring is 1. The highest BCUT2D eigenvalue weighted by molar-refractivity contribution is 5.84. The van der Waals surface area contributed by atoms with Crippen molar-refractivity contribution in [2.45, 2.75) is 25.4 Å². The van der Waals surface area contributed by atoms with Crippen molar-refractivity contribution >= 4 is 22.9 Å². The van der Waals surface area contributed by atoms with Crippen molar-refractivity contribution in [1.29, 1.82) is 5.26 Å². The molecule has 222 valence electrons. The zero-order chi connectivity index (χ0) is 33.3. The van der Waals surface area contributed by atoms with E-state index in [-0.39, 0.29) is 17.8 Å². The molecule has 0 bridgehead atoms. The summed E-state index contributed by atoms with van der Waals surface area (Å²) in [6.07, 6.45) is 4.05. The maximum absolute atomic E-state index is 9.20. The van der Waals surface area contributed by atoms with Gasteiger partial charge in [0.05, 0.1) is 11.3 Å². The number of imidazole rings is 1. The van der Waals surface area contributed by atoms with Gasteiger partial charge in [-0.3, -0.25) is 9.47 Å². The number of aromatic nitrogens is 7. The van der Waals surface area contributed by atoms with E-state index in [1.54, 1.807) is 6.20 Å². The smallest absolute Gasteiger partial charge is 0.236 e. The predicted molar refractivity (Wildman–Crippen MR) is 173 cm³/mol. The molecule has 0 spiro atoms. The zero-order valence-corrected chi connectivity index (χ0v) is 24.3. The summed E-state index contributed by atoms with van der Waals surface area (Å²) in [5, 5.41) is 9.20. The van der Waals surface area contributed by atoms with Crippen LogP contribution in [0.5, 0.6) is 0 Å². The van der Waals surface area contributed by atoms with Crippen LogP contribution in [0.1, 0.15) is 28.3 Å². The standard InChI is InChI=1S/C34H31N11/c1-43(34-39-22-38-30(20-35)42-34)25-15-18-44(19-16-25)21-23-9-11-26(12-10-23)45-32(27-8-5-17-37-31(27)36)41-29-14-13-28(40-33(29)45)24-6-3-2-4-7-24/h2-14,17,22,25H,15-16,18-19,21H2,1H3,(H2,36,37)/i1D3. The van der Waals surface area contributed by atoms with Gasteiger partial charge in [-0.2, -0.15) is 10.2 Å². The summed E-state index contributed by atoms with van der Waals surface area (Å²) in [7, 11) is 0. The minimum atomic E-state index is -2.45. The Hall–Kier alpha value is -5.73. The van der Waals surface area contributed by atoms with Crippen LogP contribution in [0, 0.1) is 11.3 Å². The molecular weight excluding hydrogens is 562 g/mol. The molecule has 0 amide bonds. The third-order valence-electron chi connectivity index (χ3n) is 8.05. The fourth-order valence-corrected chi connectivity index (χ4v) is 5.72. The molecule has 0 unspecified atom stereocenters. The van der Waals surface area contributed by atoms with E-state index < -0.39 is 6.98 Å². The SMILES string of the molecule is [2H]C([2H])([2H])N(c1ncnc(C#N)n1)C1CCN(Cc2ccc(-n3c(-c4cccnc4N)nc4ccc(-c5ccccc5)nc43)cc2)CC1. The number of pyridine rings is 2. The molecule has 7 rings (SSSR count). The van der Waals surface area contributed by atoms with E-state index in [0.29, 0.717) is 49.8 Å². The summed E-state index contributed by atoms with van der Waals surface area (Å²) >= 11 is 0. The topological polar surface area (TPSA) is 139 Å². The number of nitriles is 1. The second-order valence-electron chi connectivity index (χ2n) is 10.9. The van der Waals surface area contributed by atoms with Crippen molar-refractivity contribution in [1.82, 2.24) is 39.4 Å². The van der Waals surface area contributed by atoms with Gasteiger partial charge in [0.15, 0.2) is 11.5 Å². The van der Waals surface area contributed by atoms with Gasteiger partial charge in [-0.25, -0.2) is 24.9 Å². The Labute approximate surface area is 264 Å². The van der Waals surface area contributed by atoms with Crippen molar-refractivity contribution in [3.63, 3.8) is 0 Å². The van der Waals surface area contributed by atoms with E-state index >= 15 is 0 Å². The first-order chi connectivity index (χ1) is 23.3. The Balaban J connectivity index is 1.13. The van der Waals surface area contributed by atoms with Crippen molar-refractivity contribution in [2.24, 2.45) is 0 Å². The van der Waals surface area contributed by atoms with Crippen LogP contribution in [0.15, 0.2) is 91.4 Å². The second kappa shape index (κ2) is 12.1. The summed E-state index contributed by atoms with van der Waals surface area (Å²) in [5.41, 5.74) is 12.3. The van der Waals surface area contributed by atoms with Gasteiger partial charge in [0.1, 0.15) is 23.7 Å². The molecule has 0 atom stereocenters. The molecule has 1 fully saturated rings. The summed E-state index contributed by atoms with van der Waals surface area (Å²) < 4.78 is 26.4. The van der Waals surface area contributed by atoms with Crippen LogP contribution in [-0.4, -0.2) is 65.5 Å². The molecule has 6 aromatic rings. The number of nitrogens with two attached hydrogens (primary N) is 1. The Kier molecular flexibility index (Phi) is 6.64. The summed E-state index contributed by atoms with van der Waals surface area (Å²) in [6, 6.07) is 27.6. The molecule has 4 aromatic heterocycles. The quantitative estimate of drug-likeness (QED) is 0.271. The van der Waals surface area contributed by atoms with E-state index in [1.165, 1.54) is 11.2 Å². The van der Waals surface area contributed by atoms with E-state index in [1.807, 2.05) is 65.2 Å². The Morgan fingerprint density at radius 1 is 0.933 bits per heavy atom. The minimum Gasteiger partial charge on any atom is -0.383 e. The number of hydrogen-bond donors (Lipinski definition) is 1. The molecule has 11 nitrogen and oxygen atoms in total. The molecular formula is C34H31N11. The van der Waals surface area contributed by atoms with Gasteiger partial charge in [0.25, 0.3) is 0 Å². The monoisotopic (exact) mass is 596 g/mol. The van der Waals surface area contributed by atoms with Gasteiger partial charge in [-0.05, 0) is 54.8 Å². The fraction of sp³-hybridized carbons (Fsp3) is 0.206. The van der Waals surface area contributed by atoms with E-state index in [0.717, 1.165) is 33.6 Å². The first kappa shape index (κ1) is 24.7. The number of nitrogens with zero attached hydrogens (tertiary/aromatic N) is 10. The van der Waals surface area contributed by atoms with Crippen LogP contribution in [0.4, 0.5) is 11.8 Å². The maximum atomic E-state index is 9.20. The number of fused-ring (bicyclic) bond motifs is 1. The fourth-order valence-electron chi connectivity index (χ4n) is 5.72. The molecule has 0 radical (unpaired) electrons. The summed E-state index contributed by atoms with van der Waals surface area (Å²) in [4.78, 5) is 29.8. The Bertz CT molecular complexity index is 2100. The molecule has 11 heteroatoms. The van der Waals surface area contributed by atoms with Crippen LogP contribution in [0.3, 0.4) is 0 Å². The third-order valence-corrected chi connectivity index (χ3v) is 8.05. The molecule has 45 heavy (non-hydrogen) atoms. The van der Waals surface area contributed by atoms with Crippen molar-refractivity contribution in [3.8, 4) is 34.4 Å². The molecule has 5 heterocycles. The molecule has 1 aliphatic heterocycles. The maximum Gasteiger partial charge on any atom is 0.236 e. The molecule has 0 saturated carbocycles. The number of hydrogen-bond acceptors (Lipinski definition) is 10. The van der Waals surface area contributed by atoms with Crippen LogP contribution in [-0.2, 0) is 6.54 Å². The number of piperidine rings is 1. The van der Waals surface area contributed by atoms with Gasteiger partial charge in [-0.1, -0.05) is 42.5 Å². The largest absolute Gasteiger partial charge is 0.383 e. The van der Waals surface area contributed by atoms with Crippen LogP contribution >= 0.6 is 0 Å². The molecule has 2 aromatic carbocycles. The van der Waals surface area contributed by atoms with Crippen LogP contribution < -0.4 is 10.6 Å². The van der Waals surface area contributed by atoms with Gasteiger partial charge < -0.3 is 10.6 Å². The van der Waals surface area contributed by atoms with E-state index in [9.17, 15) is 5.26 Å². The summed E-state index contributed by atoms with van der Waals surface area (Å²) in [5.74, 6) is 0.931. The highest BCUT2D eigenvalue weighted by atomic mass is 15.3. The number of benzene rings is 2. The normalized spacial score (nSPS) is 15.2. The van der Waals surface area contributed by atoms with Crippen LogP contribution in [0.2, 0.25) is 0 Å². The summed E-state index contributed by atoms with van der Waals surface area (Å²) in [6.45, 7) is -0.366. The van der Waals surface area contributed by atoms with Crippen molar-refractivity contribution < 1.29 is 4.11 Å². The lowest BCUT2D eigenvalue weighted by Crippen LogP contribution is -2.43. The first-order valence-electron chi connectivity index (χ1n) is 16.1. The molecule has 0 aliphatic carbocycles. The highest BCUT2D eigenvalue weighted by Crippen LogP contribution is 2.32. The Morgan fingerprint density at radius 2 is 1.76 bits per heavy atom. The second-order valence-corrected chi connectivity index (χ2v) is 10.9. The van der Waals surface area contributed by atoms with Crippen molar-refractivity contribution in [2.75, 3.05) is 30.7 Å². The number of anilines is 2. The van der Waals surface area contributed by atoms with Gasteiger partial charge in [-0.15, -0.1) is 0 Å². The molecule has 1 saturated heterocycles. The predicted octanol–water partition coefficient (Wildman–Crippen LogP) is 4.89. The lowest BCUT2D eigenvalue weighted by molar-refractivity contribution is 0.203. The van der Waals surface area contributed by atoms with Gasteiger partial charge in [0.2, 0.25) is 11.8 Å². The van der Waals surface area contributed by atoms with E-state index in [2.05, 4.69) is 49.1 Å². The van der Waals surface area contributed by atoms with Gasteiger partial charge >= 0.3 is 0 Å². The first-order valence-corrected chi connectivity index (χ1v) is 14.6. The average Bonchev–Trinajstić information content (AvgIpc) is 3.48. The van der Waals surface area contributed by atoms with Crippen LogP contribution in [0.25, 0.3) is 39.5 Å². The lowest BCUT2D eigenvalue weighted by atomic mass is 10.0. The number of likely N-dealkylation sites (tertiary alicyclic amines) is 1. The minimum absolute atomic E-state index is 0.000373. The lowest BCUT2D eigenvalue weighted by Gasteiger charge is -2.36. The molecule has 1 aliphatic rings. The third kappa shape index (κ3) is 5.67.